The second-order valence-electron chi connectivity index (χ2n) is 4.73. The molecule has 0 radical (unpaired) electrons. The summed E-state index contributed by atoms with van der Waals surface area (Å²) in [7, 11) is 0. The quantitative estimate of drug-likeness (QED) is 0.644. The summed E-state index contributed by atoms with van der Waals surface area (Å²) in [6.07, 6.45) is -4.65. The summed E-state index contributed by atoms with van der Waals surface area (Å²) in [5, 5.41) is 12.8. The third kappa shape index (κ3) is 4.11. The number of nitrogens with one attached hydrogen (secondary N) is 1. The Morgan fingerprint density at radius 1 is 1.50 bits per heavy atom. The zero-order valence-electron chi connectivity index (χ0n) is 11.7. The van der Waals surface area contributed by atoms with Crippen molar-refractivity contribution in [3.63, 3.8) is 0 Å². The fourth-order valence-corrected chi connectivity index (χ4v) is 2.10. The van der Waals surface area contributed by atoms with Crippen molar-refractivity contribution in [2.45, 2.75) is 12.2 Å². The number of benzene rings is 1. The Bertz CT molecular complexity index is 697. The van der Waals surface area contributed by atoms with Gasteiger partial charge in [0.05, 0.1) is 15.5 Å². The van der Waals surface area contributed by atoms with E-state index in [9.17, 15) is 32.9 Å². The van der Waals surface area contributed by atoms with E-state index in [4.69, 9.17) is 11.6 Å². The smallest absolute Gasteiger partial charge is 0.338 e. The standard InChI is InChI=1S/C12H9ClF3N3O5/c13-8-2-1-6(19(22)23)3-7(8)10(20)17-9-4-24-18(11(9)21)5-12(14,15)16/h1-3,9H,4-5H2,(H,17,20)/t9-/m1/s1. The maximum atomic E-state index is 12.3. The van der Waals surface area contributed by atoms with Gasteiger partial charge in [-0.1, -0.05) is 11.6 Å². The summed E-state index contributed by atoms with van der Waals surface area (Å²) in [5.41, 5.74) is -0.690. The van der Waals surface area contributed by atoms with Gasteiger partial charge < -0.3 is 5.32 Å². The van der Waals surface area contributed by atoms with Gasteiger partial charge in [0.25, 0.3) is 17.5 Å². The van der Waals surface area contributed by atoms with Crippen LogP contribution in [0.1, 0.15) is 10.4 Å². The highest BCUT2D eigenvalue weighted by Crippen LogP contribution is 2.23. The minimum Gasteiger partial charge on any atom is -0.338 e. The molecule has 1 aromatic rings. The molecule has 0 bridgehead atoms. The second-order valence-corrected chi connectivity index (χ2v) is 5.14. The Morgan fingerprint density at radius 3 is 2.75 bits per heavy atom. The van der Waals surface area contributed by atoms with Crippen molar-refractivity contribution in [1.29, 1.82) is 0 Å². The number of carbonyl (C=O) groups excluding carboxylic acids is 2. The number of hydrogen-bond acceptors (Lipinski definition) is 5. The summed E-state index contributed by atoms with van der Waals surface area (Å²) in [6, 6.07) is 1.74. The first kappa shape index (κ1) is 17.9. The maximum Gasteiger partial charge on any atom is 0.408 e. The molecule has 1 fully saturated rings. The van der Waals surface area contributed by atoms with Gasteiger partial charge in [-0.2, -0.15) is 13.2 Å². The zero-order valence-corrected chi connectivity index (χ0v) is 12.4. The minimum absolute atomic E-state index is 0.0972. The Labute approximate surface area is 137 Å². The van der Waals surface area contributed by atoms with Crippen LogP contribution in [-0.2, 0) is 9.63 Å². The van der Waals surface area contributed by atoms with E-state index < -0.39 is 47.8 Å². The van der Waals surface area contributed by atoms with Crippen molar-refractivity contribution >= 4 is 29.1 Å². The molecule has 24 heavy (non-hydrogen) atoms. The second kappa shape index (κ2) is 6.61. The first-order valence-electron chi connectivity index (χ1n) is 6.34. The Morgan fingerprint density at radius 2 is 2.17 bits per heavy atom. The lowest BCUT2D eigenvalue weighted by Crippen LogP contribution is -2.44. The van der Waals surface area contributed by atoms with E-state index >= 15 is 0 Å². The molecule has 0 aromatic heterocycles. The zero-order chi connectivity index (χ0) is 18.1. The van der Waals surface area contributed by atoms with Gasteiger partial charge in [0.15, 0.2) is 0 Å². The van der Waals surface area contributed by atoms with Gasteiger partial charge in [0.1, 0.15) is 19.2 Å². The van der Waals surface area contributed by atoms with Crippen molar-refractivity contribution in [3.05, 3.63) is 38.9 Å². The van der Waals surface area contributed by atoms with E-state index in [0.29, 0.717) is 0 Å². The number of amides is 2. The summed E-state index contributed by atoms with van der Waals surface area (Å²) in [6.45, 7) is -2.11. The highest BCUT2D eigenvalue weighted by molar-refractivity contribution is 6.34. The first-order chi connectivity index (χ1) is 11.1. The number of hydrogen-bond donors (Lipinski definition) is 1. The number of nitro benzene ring substituents is 1. The number of hydroxylamine groups is 2. The molecule has 2 rings (SSSR count). The van der Waals surface area contributed by atoms with Crippen molar-refractivity contribution in [3.8, 4) is 0 Å². The van der Waals surface area contributed by atoms with E-state index in [1.165, 1.54) is 0 Å². The van der Waals surface area contributed by atoms with Gasteiger partial charge in [0.2, 0.25) is 0 Å². The third-order valence-electron chi connectivity index (χ3n) is 2.97. The molecule has 1 aliphatic rings. The number of alkyl halides is 3. The highest BCUT2D eigenvalue weighted by atomic mass is 35.5. The van der Waals surface area contributed by atoms with Gasteiger partial charge in [-0.05, 0) is 6.07 Å². The van der Waals surface area contributed by atoms with E-state index in [-0.39, 0.29) is 15.6 Å². The van der Waals surface area contributed by atoms with Crippen LogP contribution < -0.4 is 5.32 Å². The molecule has 1 saturated heterocycles. The molecule has 0 unspecified atom stereocenters. The third-order valence-corrected chi connectivity index (χ3v) is 3.30. The van der Waals surface area contributed by atoms with Crippen LogP contribution in [0.25, 0.3) is 0 Å². The molecule has 1 aliphatic heterocycles. The number of rotatable bonds is 4. The van der Waals surface area contributed by atoms with Crippen molar-refractivity contribution in [2.75, 3.05) is 13.2 Å². The molecule has 130 valence electrons. The summed E-state index contributed by atoms with van der Waals surface area (Å²) >= 11 is 5.77. The molecule has 12 heteroatoms. The average molecular weight is 368 g/mol. The van der Waals surface area contributed by atoms with Crippen LogP contribution in [0.5, 0.6) is 0 Å². The lowest BCUT2D eigenvalue weighted by molar-refractivity contribution is -0.384. The molecule has 1 atom stereocenters. The molecule has 0 spiro atoms. The molecule has 0 saturated carbocycles. The van der Waals surface area contributed by atoms with E-state index in [1.807, 2.05) is 0 Å². The van der Waals surface area contributed by atoms with Crippen LogP contribution in [0.15, 0.2) is 18.2 Å². The molecular formula is C12H9ClF3N3O5. The number of carbonyl (C=O) groups is 2. The molecular weight excluding hydrogens is 359 g/mol. The fourth-order valence-electron chi connectivity index (χ4n) is 1.90. The first-order valence-corrected chi connectivity index (χ1v) is 6.72. The van der Waals surface area contributed by atoms with E-state index in [1.54, 1.807) is 0 Å². The normalized spacial score (nSPS) is 17.9. The van der Waals surface area contributed by atoms with Gasteiger partial charge in [-0.15, -0.1) is 0 Å². The van der Waals surface area contributed by atoms with Gasteiger partial charge in [-0.3, -0.25) is 24.5 Å². The van der Waals surface area contributed by atoms with Crippen LogP contribution in [0.3, 0.4) is 0 Å². The average Bonchev–Trinajstić information content (AvgIpc) is 2.78. The summed E-state index contributed by atoms with van der Waals surface area (Å²) in [4.78, 5) is 38.4. The molecule has 1 N–H and O–H groups in total. The van der Waals surface area contributed by atoms with Crippen molar-refractivity contribution in [2.24, 2.45) is 0 Å². The lowest BCUT2D eigenvalue weighted by atomic mass is 10.1. The van der Waals surface area contributed by atoms with Gasteiger partial charge >= 0.3 is 6.18 Å². The predicted octanol–water partition coefficient (Wildman–Crippen LogP) is 1.68. The van der Waals surface area contributed by atoms with Crippen LogP contribution in [0, 0.1) is 10.1 Å². The predicted molar refractivity (Wildman–Crippen MR) is 73.1 cm³/mol. The molecule has 2 amide bonds. The van der Waals surface area contributed by atoms with Crippen LogP contribution in [-0.4, -0.2) is 47.2 Å². The monoisotopic (exact) mass is 367 g/mol. The van der Waals surface area contributed by atoms with Crippen molar-refractivity contribution < 1.29 is 32.5 Å². The van der Waals surface area contributed by atoms with Crippen LogP contribution in [0.2, 0.25) is 5.02 Å². The Balaban J connectivity index is 2.09. The van der Waals surface area contributed by atoms with E-state index in [2.05, 4.69) is 10.2 Å². The minimum atomic E-state index is -4.65. The summed E-state index contributed by atoms with van der Waals surface area (Å²) < 4.78 is 36.8. The van der Waals surface area contributed by atoms with E-state index in [0.717, 1.165) is 18.2 Å². The topological polar surface area (TPSA) is 102 Å². The Hall–Kier alpha value is -2.40. The molecule has 1 heterocycles. The SMILES string of the molecule is O=C(N[C@@H]1CON(CC(F)(F)F)C1=O)c1cc([N+](=O)[O-])ccc1Cl. The number of non-ortho nitro benzene ring substituents is 1. The van der Waals surface area contributed by atoms with Gasteiger partial charge in [-0.25, -0.2) is 5.06 Å². The number of nitro groups is 1. The van der Waals surface area contributed by atoms with Crippen LogP contribution in [0.4, 0.5) is 18.9 Å². The largest absolute Gasteiger partial charge is 0.408 e. The van der Waals surface area contributed by atoms with Gasteiger partial charge in [0, 0.05) is 12.1 Å². The maximum absolute atomic E-state index is 12.3. The number of halogens is 4. The highest BCUT2D eigenvalue weighted by Gasteiger charge is 2.41. The Kier molecular flexibility index (Phi) is 4.94. The summed E-state index contributed by atoms with van der Waals surface area (Å²) in [5.74, 6) is -2.03. The molecule has 0 aliphatic carbocycles. The molecule has 8 nitrogen and oxygen atoms in total. The van der Waals surface area contributed by atoms with Crippen LogP contribution >= 0.6 is 11.6 Å². The fraction of sp³-hybridized carbons (Fsp3) is 0.333. The number of nitrogens with zero attached hydrogens (tertiary/aromatic N) is 2. The van der Waals surface area contributed by atoms with Crippen molar-refractivity contribution in [1.82, 2.24) is 10.4 Å². The lowest BCUT2D eigenvalue weighted by Gasteiger charge is -2.16. The molecule has 1 aromatic carbocycles.